The molecule has 1 aliphatic rings. The van der Waals surface area contributed by atoms with Crippen LogP contribution in [-0.4, -0.2) is 32.9 Å². The fourth-order valence-electron chi connectivity index (χ4n) is 2.69. The molecule has 0 spiro atoms. The smallest absolute Gasteiger partial charge is 0.122 e. The average Bonchev–Trinajstić information content (AvgIpc) is 3.27. The predicted molar refractivity (Wildman–Crippen MR) is 77.7 cm³/mol. The molecule has 1 aromatic carbocycles. The van der Waals surface area contributed by atoms with Crippen LogP contribution in [0.5, 0.6) is 5.75 Å². The Morgan fingerprint density at radius 1 is 1.32 bits per heavy atom. The van der Waals surface area contributed by atoms with Crippen molar-refractivity contribution in [2.45, 2.75) is 38.3 Å². The fraction of sp³-hybridized carbons (Fsp3) is 0.625. The third-order valence-electron chi connectivity index (χ3n) is 3.85. The molecule has 0 saturated heterocycles. The highest BCUT2D eigenvalue weighted by Crippen LogP contribution is 2.37. The van der Waals surface area contributed by atoms with Gasteiger partial charge in [0, 0.05) is 12.6 Å². The van der Waals surface area contributed by atoms with Crippen LogP contribution in [0.3, 0.4) is 0 Å². The summed E-state index contributed by atoms with van der Waals surface area (Å²) >= 11 is 0. The SMILES string of the molecule is CCOC(C1CC1)C(Cc1ccccc1OC)NC. The van der Waals surface area contributed by atoms with E-state index in [9.17, 15) is 0 Å². The maximum Gasteiger partial charge on any atom is 0.122 e. The third kappa shape index (κ3) is 3.71. The zero-order chi connectivity index (χ0) is 13.7. The molecule has 0 aliphatic heterocycles. The molecule has 1 N–H and O–H groups in total. The van der Waals surface area contributed by atoms with Gasteiger partial charge in [0.1, 0.15) is 5.75 Å². The van der Waals surface area contributed by atoms with Crippen LogP contribution in [0.15, 0.2) is 24.3 Å². The topological polar surface area (TPSA) is 30.5 Å². The van der Waals surface area contributed by atoms with Crippen LogP contribution in [0.25, 0.3) is 0 Å². The summed E-state index contributed by atoms with van der Waals surface area (Å²) in [6.45, 7) is 2.86. The van der Waals surface area contributed by atoms with Crippen LogP contribution >= 0.6 is 0 Å². The van der Waals surface area contributed by atoms with Crippen molar-refractivity contribution in [3.05, 3.63) is 29.8 Å². The number of benzene rings is 1. The molecule has 0 bridgehead atoms. The number of nitrogens with one attached hydrogen (secondary N) is 1. The Bertz CT molecular complexity index is 390. The van der Waals surface area contributed by atoms with Crippen molar-refractivity contribution in [1.29, 1.82) is 0 Å². The number of para-hydroxylation sites is 1. The molecule has 0 radical (unpaired) electrons. The molecule has 1 aliphatic carbocycles. The van der Waals surface area contributed by atoms with Crippen molar-refractivity contribution in [3.8, 4) is 5.75 Å². The molecule has 106 valence electrons. The van der Waals surface area contributed by atoms with Gasteiger partial charge in [-0.05, 0) is 50.8 Å². The second-order valence-corrected chi connectivity index (χ2v) is 5.17. The first kappa shape index (κ1) is 14.4. The van der Waals surface area contributed by atoms with E-state index in [0.717, 1.165) is 24.7 Å². The van der Waals surface area contributed by atoms with E-state index in [-0.39, 0.29) is 0 Å². The summed E-state index contributed by atoms with van der Waals surface area (Å²) in [5.74, 6) is 1.70. The second kappa shape index (κ2) is 6.92. The molecular formula is C16H25NO2. The normalized spacial score (nSPS) is 18.1. The van der Waals surface area contributed by atoms with Crippen LogP contribution in [0.2, 0.25) is 0 Å². The summed E-state index contributed by atoms with van der Waals surface area (Å²) in [6.07, 6.45) is 3.87. The van der Waals surface area contributed by atoms with E-state index in [1.807, 2.05) is 19.2 Å². The van der Waals surface area contributed by atoms with E-state index < -0.39 is 0 Å². The lowest BCUT2D eigenvalue weighted by molar-refractivity contribution is 0.0210. The quantitative estimate of drug-likeness (QED) is 0.782. The summed E-state index contributed by atoms with van der Waals surface area (Å²) in [5.41, 5.74) is 1.25. The second-order valence-electron chi connectivity index (χ2n) is 5.17. The lowest BCUT2D eigenvalue weighted by Gasteiger charge is -2.27. The number of hydrogen-bond donors (Lipinski definition) is 1. The lowest BCUT2D eigenvalue weighted by Crippen LogP contribution is -2.42. The van der Waals surface area contributed by atoms with Gasteiger partial charge in [0.2, 0.25) is 0 Å². The Labute approximate surface area is 116 Å². The molecule has 1 saturated carbocycles. The Morgan fingerprint density at radius 2 is 2.05 bits per heavy atom. The highest BCUT2D eigenvalue weighted by molar-refractivity contribution is 5.34. The van der Waals surface area contributed by atoms with Gasteiger partial charge in [-0.2, -0.15) is 0 Å². The fourth-order valence-corrected chi connectivity index (χ4v) is 2.69. The van der Waals surface area contributed by atoms with E-state index in [1.165, 1.54) is 18.4 Å². The van der Waals surface area contributed by atoms with Crippen LogP contribution in [0.4, 0.5) is 0 Å². The molecule has 0 amide bonds. The molecule has 1 fully saturated rings. The van der Waals surface area contributed by atoms with Crippen molar-refractivity contribution >= 4 is 0 Å². The molecule has 0 heterocycles. The van der Waals surface area contributed by atoms with Crippen molar-refractivity contribution in [2.24, 2.45) is 5.92 Å². The first-order chi connectivity index (χ1) is 9.30. The number of hydrogen-bond acceptors (Lipinski definition) is 3. The zero-order valence-electron chi connectivity index (χ0n) is 12.2. The van der Waals surface area contributed by atoms with Crippen molar-refractivity contribution < 1.29 is 9.47 Å². The average molecular weight is 263 g/mol. The Hall–Kier alpha value is -1.06. The molecule has 2 unspecified atom stereocenters. The largest absolute Gasteiger partial charge is 0.496 e. The van der Waals surface area contributed by atoms with Crippen LogP contribution in [0.1, 0.15) is 25.3 Å². The van der Waals surface area contributed by atoms with Gasteiger partial charge in [-0.15, -0.1) is 0 Å². The third-order valence-corrected chi connectivity index (χ3v) is 3.85. The number of ether oxygens (including phenoxy) is 2. The molecule has 19 heavy (non-hydrogen) atoms. The summed E-state index contributed by atoms with van der Waals surface area (Å²) in [4.78, 5) is 0. The minimum Gasteiger partial charge on any atom is -0.496 e. The standard InChI is InChI=1S/C16H25NO2/c1-4-19-16(12-9-10-12)14(17-2)11-13-7-5-6-8-15(13)18-3/h5-8,12,14,16-17H,4,9-11H2,1-3H3. The molecule has 2 atom stereocenters. The van der Waals surface area contributed by atoms with Gasteiger partial charge in [0.15, 0.2) is 0 Å². The van der Waals surface area contributed by atoms with E-state index in [0.29, 0.717) is 12.1 Å². The van der Waals surface area contributed by atoms with Crippen LogP contribution in [-0.2, 0) is 11.2 Å². The Balaban J connectivity index is 2.08. The number of methoxy groups -OCH3 is 1. The van der Waals surface area contributed by atoms with Gasteiger partial charge < -0.3 is 14.8 Å². The molecule has 3 nitrogen and oxygen atoms in total. The van der Waals surface area contributed by atoms with Crippen molar-refractivity contribution in [2.75, 3.05) is 20.8 Å². The first-order valence-electron chi connectivity index (χ1n) is 7.20. The number of likely N-dealkylation sites (N-methyl/N-ethyl adjacent to an activating group) is 1. The highest BCUT2D eigenvalue weighted by atomic mass is 16.5. The number of rotatable bonds is 8. The maximum absolute atomic E-state index is 5.96. The Kier molecular flexibility index (Phi) is 5.23. The Morgan fingerprint density at radius 3 is 2.63 bits per heavy atom. The summed E-state index contributed by atoms with van der Waals surface area (Å²) in [5, 5.41) is 3.43. The summed E-state index contributed by atoms with van der Waals surface area (Å²) in [6, 6.07) is 8.59. The van der Waals surface area contributed by atoms with Crippen LogP contribution in [0, 0.1) is 5.92 Å². The van der Waals surface area contributed by atoms with Gasteiger partial charge in [-0.1, -0.05) is 18.2 Å². The van der Waals surface area contributed by atoms with E-state index in [2.05, 4.69) is 24.4 Å². The van der Waals surface area contributed by atoms with Gasteiger partial charge in [-0.3, -0.25) is 0 Å². The zero-order valence-corrected chi connectivity index (χ0v) is 12.2. The monoisotopic (exact) mass is 263 g/mol. The minimum absolute atomic E-state index is 0.319. The van der Waals surface area contributed by atoms with E-state index >= 15 is 0 Å². The molecular weight excluding hydrogens is 238 g/mol. The minimum atomic E-state index is 0.319. The van der Waals surface area contributed by atoms with Crippen LogP contribution < -0.4 is 10.1 Å². The van der Waals surface area contributed by atoms with E-state index in [4.69, 9.17) is 9.47 Å². The summed E-state index contributed by atoms with van der Waals surface area (Å²) in [7, 11) is 3.75. The molecule has 2 rings (SSSR count). The molecule has 0 aromatic heterocycles. The van der Waals surface area contributed by atoms with Gasteiger partial charge in [-0.25, -0.2) is 0 Å². The lowest BCUT2D eigenvalue weighted by atomic mass is 9.97. The summed E-state index contributed by atoms with van der Waals surface area (Å²) < 4.78 is 11.4. The van der Waals surface area contributed by atoms with Gasteiger partial charge >= 0.3 is 0 Å². The molecule has 3 heteroatoms. The first-order valence-corrected chi connectivity index (χ1v) is 7.20. The maximum atomic E-state index is 5.96. The van der Waals surface area contributed by atoms with Gasteiger partial charge in [0.25, 0.3) is 0 Å². The highest BCUT2D eigenvalue weighted by Gasteiger charge is 2.36. The molecule has 1 aromatic rings. The van der Waals surface area contributed by atoms with E-state index in [1.54, 1.807) is 7.11 Å². The predicted octanol–water partition coefficient (Wildman–Crippen LogP) is 2.64. The van der Waals surface area contributed by atoms with Crippen molar-refractivity contribution in [1.82, 2.24) is 5.32 Å². The van der Waals surface area contributed by atoms with Crippen molar-refractivity contribution in [3.63, 3.8) is 0 Å². The van der Waals surface area contributed by atoms with Gasteiger partial charge in [0.05, 0.1) is 13.2 Å².